The van der Waals surface area contributed by atoms with E-state index in [0.29, 0.717) is 29.9 Å². The van der Waals surface area contributed by atoms with Crippen molar-refractivity contribution in [1.29, 1.82) is 0 Å². The predicted molar refractivity (Wildman–Crippen MR) is 105 cm³/mol. The highest BCUT2D eigenvalue weighted by Crippen LogP contribution is 2.14. The molecule has 0 saturated carbocycles. The van der Waals surface area contributed by atoms with E-state index in [2.05, 4.69) is 10.6 Å². The van der Waals surface area contributed by atoms with Crippen molar-refractivity contribution in [3.63, 3.8) is 0 Å². The molecule has 0 radical (unpaired) electrons. The molecule has 1 heterocycles. The second-order valence-electron chi connectivity index (χ2n) is 6.80. The molecule has 142 valence electrons. The first-order valence-corrected chi connectivity index (χ1v) is 9.16. The van der Waals surface area contributed by atoms with Gasteiger partial charge in [0.25, 0.3) is 11.8 Å². The fourth-order valence-corrected chi connectivity index (χ4v) is 3.10. The number of carbonyl (C=O) groups is 2. The van der Waals surface area contributed by atoms with Gasteiger partial charge in [0.05, 0.1) is 6.10 Å². The third-order valence-electron chi connectivity index (χ3n) is 4.66. The van der Waals surface area contributed by atoms with Crippen LogP contribution in [0.25, 0.3) is 0 Å². The zero-order valence-corrected chi connectivity index (χ0v) is 15.5. The van der Waals surface area contributed by atoms with Gasteiger partial charge in [0.1, 0.15) is 0 Å². The first-order chi connectivity index (χ1) is 13.0. The second-order valence-corrected chi connectivity index (χ2v) is 6.80. The number of nitrogen functional groups attached to an aromatic ring is 1. The van der Waals surface area contributed by atoms with Crippen LogP contribution < -0.4 is 16.4 Å². The Bertz CT molecular complexity index is 829. The molecule has 0 aliphatic carbocycles. The second kappa shape index (κ2) is 8.68. The lowest BCUT2D eigenvalue weighted by Crippen LogP contribution is -2.31. The summed E-state index contributed by atoms with van der Waals surface area (Å²) in [5.74, 6) is -0.321. The molecule has 1 fully saturated rings. The van der Waals surface area contributed by atoms with Gasteiger partial charge in [-0.25, -0.2) is 0 Å². The summed E-state index contributed by atoms with van der Waals surface area (Å²) in [6.07, 6.45) is 2.14. The van der Waals surface area contributed by atoms with Crippen molar-refractivity contribution in [3.05, 3.63) is 64.7 Å². The van der Waals surface area contributed by atoms with Gasteiger partial charge in [0.2, 0.25) is 0 Å². The number of amides is 2. The summed E-state index contributed by atoms with van der Waals surface area (Å²) in [4.78, 5) is 24.7. The van der Waals surface area contributed by atoms with E-state index in [1.54, 1.807) is 24.3 Å². The number of nitrogens with two attached hydrogens (primary N) is 1. The van der Waals surface area contributed by atoms with E-state index in [1.807, 2.05) is 25.1 Å². The molecule has 3 rings (SSSR count). The van der Waals surface area contributed by atoms with Crippen LogP contribution >= 0.6 is 0 Å². The number of carbonyl (C=O) groups excluding carboxylic acids is 2. The predicted octanol–water partition coefficient (Wildman–Crippen LogP) is 2.42. The lowest BCUT2D eigenvalue weighted by Gasteiger charge is -2.12. The molecule has 1 aliphatic rings. The van der Waals surface area contributed by atoms with Crippen molar-refractivity contribution in [2.24, 2.45) is 0 Å². The average Bonchev–Trinajstić information content (AvgIpc) is 3.20. The van der Waals surface area contributed by atoms with Gasteiger partial charge in [0, 0.05) is 36.5 Å². The molecule has 2 aromatic carbocycles. The molecule has 0 aromatic heterocycles. The molecule has 1 unspecified atom stereocenters. The molecule has 1 atom stereocenters. The summed E-state index contributed by atoms with van der Waals surface area (Å²) in [6, 6.07) is 12.5. The Balaban J connectivity index is 1.57. The standard InChI is InChI=1S/C21H25N3O3/c1-14-7-8-17(22)11-19(14)21(26)23-12-15-4-2-5-16(10-15)20(25)24-13-18-6-3-9-27-18/h2,4-5,7-8,10-11,18H,3,6,9,12-13,22H2,1H3,(H,23,26)(H,24,25). The van der Waals surface area contributed by atoms with Crippen LogP contribution in [0.5, 0.6) is 0 Å². The molecule has 1 aliphatic heterocycles. The largest absolute Gasteiger partial charge is 0.399 e. The Kier molecular flexibility index (Phi) is 6.08. The monoisotopic (exact) mass is 367 g/mol. The fourth-order valence-electron chi connectivity index (χ4n) is 3.10. The lowest BCUT2D eigenvalue weighted by atomic mass is 10.1. The number of anilines is 1. The fraction of sp³-hybridized carbons (Fsp3) is 0.333. The Labute approximate surface area is 159 Å². The molecule has 6 heteroatoms. The van der Waals surface area contributed by atoms with Gasteiger partial charge >= 0.3 is 0 Å². The van der Waals surface area contributed by atoms with Crippen LogP contribution in [0.1, 0.15) is 44.7 Å². The number of hydrogen-bond acceptors (Lipinski definition) is 4. The highest BCUT2D eigenvalue weighted by molar-refractivity contribution is 5.96. The molecule has 27 heavy (non-hydrogen) atoms. The maximum absolute atomic E-state index is 12.4. The summed E-state index contributed by atoms with van der Waals surface area (Å²) < 4.78 is 5.52. The van der Waals surface area contributed by atoms with E-state index in [1.165, 1.54) is 0 Å². The van der Waals surface area contributed by atoms with E-state index in [4.69, 9.17) is 10.5 Å². The molecule has 2 aromatic rings. The number of aryl methyl sites for hydroxylation is 1. The zero-order valence-electron chi connectivity index (χ0n) is 15.5. The van der Waals surface area contributed by atoms with Crippen molar-refractivity contribution in [2.45, 2.75) is 32.4 Å². The molecular weight excluding hydrogens is 342 g/mol. The van der Waals surface area contributed by atoms with Crippen LogP contribution in [0, 0.1) is 6.92 Å². The zero-order chi connectivity index (χ0) is 19.2. The van der Waals surface area contributed by atoms with E-state index < -0.39 is 0 Å². The first-order valence-electron chi connectivity index (χ1n) is 9.16. The number of hydrogen-bond donors (Lipinski definition) is 3. The molecule has 0 bridgehead atoms. The maximum atomic E-state index is 12.4. The smallest absolute Gasteiger partial charge is 0.251 e. The highest BCUT2D eigenvalue weighted by atomic mass is 16.5. The number of benzene rings is 2. The summed E-state index contributed by atoms with van der Waals surface area (Å²) in [5.41, 5.74) is 9.16. The quantitative estimate of drug-likeness (QED) is 0.684. The number of ether oxygens (including phenoxy) is 1. The average molecular weight is 367 g/mol. The Morgan fingerprint density at radius 1 is 1.15 bits per heavy atom. The van der Waals surface area contributed by atoms with Gasteiger partial charge in [-0.1, -0.05) is 18.2 Å². The van der Waals surface area contributed by atoms with E-state index in [9.17, 15) is 9.59 Å². The van der Waals surface area contributed by atoms with Crippen LogP contribution in [0.15, 0.2) is 42.5 Å². The lowest BCUT2D eigenvalue weighted by molar-refractivity contribution is 0.0857. The highest BCUT2D eigenvalue weighted by Gasteiger charge is 2.17. The minimum atomic E-state index is -0.187. The van der Waals surface area contributed by atoms with E-state index in [-0.39, 0.29) is 17.9 Å². The van der Waals surface area contributed by atoms with Crippen LogP contribution in [-0.2, 0) is 11.3 Å². The van der Waals surface area contributed by atoms with E-state index >= 15 is 0 Å². The molecule has 4 N–H and O–H groups in total. The van der Waals surface area contributed by atoms with Crippen LogP contribution in [-0.4, -0.2) is 31.1 Å². The van der Waals surface area contributed by atoms with Crippen LogP contribution in [0.4, 0.5) is 5.69 Å². The maximum Gasteiger partial charge on any atom is 0.251 e. The minimum Gasteiger partial charge on any atom is -0.399 e. The topological polar surface area (TPSA) is 93.5 Å². The van der Waals surface area contributed by atoms with E-state index in [0.717, 1.165) is 30.6 Å². The van der Waals surface area contributed by atoms with Gasteiger partial charge in [-0.3, -0.25) is 9.59 Å². The molecule has 0 spiro atoms. The third-order valence-corrected chi connectivity index (χ3v) is 4.66. The van der Waals surface area contributed by atoms with Crippen molar-refractivity contribution in [2.75, 3.05) is 18.9 Å². The summed E-state index contributed by atoms with van der Waals surface area (Å²) in [5, 5.41) is 5.79. The van der Waals surface area contributed by atoms with Gasteiger partial charge in [0.15, 0.2) is 0 Å². The van der Waals surface area contributed by atoms with Crippen molar-refractivity contribution in [1.82, 2.24) is 10.6 Å². The molecular formula is C21H25N3O3. The van der Waals surface area contributed by atoms with Gasteiger partial charge in [-0.05, 0) is 55.2 Å². The SMILES string of the molecule is Cc1ccc(N)cc1C(=O)NCc1cccc(C(=O)NCC2CCCO2)c1. The van der Waals surface area contributed by atoms with Crippen LogP contribution in [0.3, 0.4) is 0 Å². The Hall–Kier alpha value is -2.86. The van der Waals surface area contributed by atoms with Gasteiger partial charge < -0.3 is 21.1 Å². The first kappa shape index (κ1) is 18.9. The van der Waals surface area contributed by atoms with Crippen molar-refractivity contribution < 1.29 is 14.3 Å². The summed E-state index contributed by atoms with van der Waals surface area (Å²) >= 11 is 0. The summed E-state index contributed by atoms with van der Waals surface area (Å²) in [6.45, 7) is 3.49. The normalized spacial score (nSPS) is 16.1. The van der Waals surface area contributed by atoms with Gasteiger partial charge in [-0.15, -0.1) is 0 Å². The van der Waals surface area contributed by atoms with Gasteiger partial charge in [-0.2, -0.15) is 0 Å². The molecule has 6 nitrogen and oxygen atoms in total. The summed E-state index contributed by atoms with van der Waals surface area (Å²) in [7, 11) is 0. The Morgan fingerprint density at radius 2 is 2.00 bits per heavy atom. The third kappa shape index (κ3) is 5.08. The Morgan fingerprint density at radius 3 is 2.78 bits per heavy atom. The molecule has 2 amide bonds. The molecule has 1 saturated heterocycles. The van der Waals surface area contributed by atoms with Crippen molar-refractivity contribution in [3.8, 4) is 0 Å². The number of rotatable bonds is 6. The minimum absolute atomic E-state index is 0.109. The van der Waals surface area contributed by atoms with Crippen LogP contribution in [0.2, 0.25) is 0 Å². The number of nitrogens with one attached hydrogen (secondary N) is 2. The van der Waals surface area contributed by atoms with Crippen molar-refractivity contribution >= 4 is 17.5 Å².